The van der Waals surface area contributed by atoms with Gasteiger partial charge in [0.1, 0.15) is 17.9 Å². The molecule has 0 spiro atoms. The number of urea groups is 1. The van der Waals surface area contributed by atoms with Crippen molar-refractivity contribution in [2.75, 3.05) is 4.90 Å². The third-order valence-electron chi connectivity index (χ3n) is 5.60. The zero-order valence-corrected chi connectivity index (χ0v) is 20.0. The first-order chi connectivity index (χ1) is 17.0. The maximum Gasteiger partial charge on any atom is 0.335 e. The molecule has 1 heterocycles. The Kier molecular flexibility index (Phi) is 6.16. The lowest BCUT2D eigenvalue weighted by Gasteiger charge is -2.26. The highest BCUT2D eigenvalue weighted by atomic mass is 79.9. The molecule has 7 heteroatoms. The van der Waals surface area contributed by atoms with Gasteiger partial charge in [0.05, 0.1) is 5.69 Å². The summed E-state index contributed by atoms with van der Waals surface area (Å²) in [5, 5.41) is 4.56. The maximum absolute atomic E-state index is 13.0. The van der Waals surface area contributed by atoms with Crippen LogP contribution in [0.4, 0.5) is 10.5 Å². The summed E-state index contributed by atoms with van der Waals surface area (Å²) in [6.45, 7) is 0.413. The molecule has 0 aromatic heterocycles. The Hall–Kier alpha value is -4.23. The number of anilines is 1. The van der Waals surface area contributed by atoms with Gasteiger partial charge in [-0.2, -0.15) is 0 Å². The molecule has 172 valence electrons. The van der Waals surface area contributed by atoms with Crippen LogP contribution in [0.5, 0.6) is 5.75 Å². The molecular weight excluding hydrogens is 508 g/mol. The van der Waals surface area contributed by atoms with Gasteiger partial charge < -0.3 is 4.74 Å². The monoisotopic (exact) mass is 526 g/mol. The SMILES string of the molecule is O=C1NC(=O)N(c2ccc(Br)cc2)C(=O)/C1=C/c1ccc(OCc2ccc3ccccc3c2)cc1. The van der Waals surface area contributed by atoms with Crippen LogP contribution in [-0.2, 0) is 16.2 Å². The number of carbonyl (C=O) groups excluding carboxylic acids is 3. The number of rotatable bonds is 5. The van der Waals surface area contributed by atoms with Crippen LogP contribution in [0.15, 0.2) is 101 Å². The van der Waals surface area contributed by atoms with Gasteiger partial charge in [0, 0.05) is 4.47 Å². The molecule has 0 bridgehead atoms. The number of ether oxygens (including phenoxy) is 1. The average molecular weight is 527 g/mol. The van der Waals surface area contributed by atoms with Crippen molar-refractivity contribution in [3.05, 3.63) is 112 Å². The Morgan fingerprint density at radius 2 is 1.54 bits per heavy atom. The Morgan fingerprint density at radius 3 is 2.29 bits per heavy atom. The van der Waals surface area contributed by atoms with E-state index in [2.05, 4.69) is 45.5 Å². The number of nitrogens with zero attached hydrogens (tertiary/aromatic N) is 1. The zero-order chi connectivity index (χ0) is 24.4. The number of hydrogen-bond donors (Lipinski definition) is 1. The normalized spacial score (nSPS) is 14.9. The van der Waals surface area contributed by atoms with E-state index in [0.717, 1.165) is 20.3 Å². The molecular formula is C28H19BrN2O4. The minimum atomic E-state index is -0.781. The van der Waals surface area contributed by atoms with Crippen LogP contribution in [0.2, 0.25) is 0 Å². The number of imide groups is 2. The third kappa shape index (κ3) is 4.85. The first-order valence-corrected chi connectivity index (χ1v) is 11.6. The number of amides is 4. The average Bonchev–Trinajstić information content (AvgIpc) is 2.87. The molecule has 1 saturated heterocycles. The zero-order valence-electron chi connectivity index (χ0n) is 18.4. The minimum absolute atomic E-state index is 0.127. The largest absolute Gasteiger partial charge is 0.489 e. The Balaban J connectivity index is 1.31. The van der Waals surface area contributed by atoms with E-state index >= 15 is 0 Å². The van der Waals surface area contributed by atoms with Gasteiger partial charge in [0.15, 0.2) is 0 Å². The van der Waals surface area contributed by atoms with E-state index in [-0.39, 0.29) is 5.57 Å². The lowest BCUT2D eigenvalue weighted by molar-refractivity contribution is -0.122. The third-order valence-corrected chi connectivity index (χ3v) is 6.13. The lowest BCUT2D eigenvalue weighted by Crippen LogP contribution is -2.54. The molecule has 1 N–H and O–H groups in total. The first kappa shape index (κ1) is 22.6. The van der Waals surface area contributed by atoms with Gasteiger partial charge in [-0.1, -0.05) is 64.5 Å². The molecule has 1 aliphatic rings. The topological polar surface area (TPSA) is 75.7 Å². The van der Waals surface area contributed by atoms with Crippen molar-refractivity contribution in [3.8, 4) is 5.75 Å². The quantitative estimate of drug-likeness (QED) is 0.261. The van der Waals surface area contributed by atoms with Crippen LogP contribution >= 0.6 is 15.9 Å². The van der Waals surface area contributed by atoms with Gasteiger partial charge in [0.25, 0.3) is 11.8 Å². The fourth-order valence-corrected chi connectivity index (χ4v) is 4.07. The first-order valence-electron chi connectivity index (χ1n) is 10.9. The van der Waals surface area contributed by atoms with Gasteiger partial charge >= 0.3 is 6.03 Å². The number of carbonyl (C=O) groups is 3. The maximum atomic E-state index is 13.0. The molecule has 0 aliphatic carbocycles. The number of benzene rings is 4. The summed E-state index contributed by atoms with van der Waals surface area (Å²) >= 11 is 3.33. The highest BCUT2D eigenvalue weighted by molar-refractivity contribution is 9.10. The van der Waals surface area contributed by atoms with Crippen molar-refractivity contribution in [1.82, 2.24) is 5.32 Å². The molecule has 4 amide bonds. The summed E-state index contributed by atoms with van der Waals surface area (Å²) < 4.78 is 6.71. The van der Waals surface area contributed by atoms with Crippen molar-refractivity contribution in [2.24, 2.45) is 0 Å². The van der Waals surface area contributed by atoms with E-state index in [9.17, 15) is 14.4 Å². The summed E-state index contributed by atoms with van der Waals surface area (Å²) in [6, 6.07) is 27.3. The summed E-state index contributed by atoms with van der Waals surface area (Å²) in [6.07, 6.45) is 1.46. The molecule has 0 saturated carbocycles. The Labute approximate surface area is 209 Å². The van der Waals surface area contributed by atoms with Gasteiger partial charge in [-0.15, -0.1) is 0 Å². The molecule has 1 fully saturated rings. The van der Waals surface area contributed by atoms with Crippen LogP contribution in [0.1, 0.15) is 11.1 Å². The minimum Gasteiger partial charge on any atom is -0.489 e. The van der Waals surface area contributed by atoms with E-state index in [1.54, 1.807) is 48.5 Å². The molecule has 0 radical (unpaired) electrons. The second kappa shape index (κ2) is 9.56. The fraction of sp³-hybridized carbons (Fsp3) is 0.0357. The van der Waals surface area contributed by atoms with E-state index in [0.29, 0.717) is 23.6 Å². The standard InChI is InChI=1S/C28H19BrN2O4/c29-22-9-11-23(12-10-22)31-27(33)25(26(32)30-28(31)34)16-18-6-13-24(14-7-18)35-17-19-5-8-20-3-1-2-4-21(20)15-19/h1-16H,17H2,(H,30,32,34)/b25-16+. The number of hydrogen-bond acceptors (Lipinski definition) is 4. The smallest absolute Gasteiger partial charge is 0.335 e. The van der Waals surface area contributed by atoms with Gasteiger partial charge in [-0.05, 0) is 70.4 Å². The van der Waals surface area contributed by atoms with E-state index in [4.69, 9.17) is 4.74 Å². The van der Waals surface area contributed by atoms with Crippen LogP contribution in [-0.4, -0.2) is 17.8 Å². The summed E-state index contributed by atoms with van der Waals surface area (Å²) in [7, 11) is 0. The summed E-state index contributed by atoms with van der Waals surface area (Å²) in [5.41, 5.74) is 1.92. The molecule has 5 rings (SSSR count). The molecule has 4 aromatic carbocycles. The summed E-state index contributed by atoms with van der Waals surface area (Å²) in [5.74, 6) is -0.755. The Morgan fingerprint density at radius 1 is 0.829 bits per heavy atom. The predicted octanol–water partition coefficient (Wildman–Crippen LogP) is 5.85. The van der Waals surface area contributed by atoms with E-state index in [1.165, 1.54) is 11.5 Å². The highest BCUT2D eigenvalue weighted by Gasteiger charge is 2.36. The second-order valence-electron chi connectivity index (χ2n) is 7.97. The predicted molar refractivity (Wildman–Crippen MR) is 138 cm³/mol. The molecule has 1 aliphatic heterocycles. The molecule has 0 atom stereocenters. The Bertz CT molecular complexity index is 1480. The van der Waals surface area contributed by atoms with Crippen LogP contribution in [0, 0.1) is 0 Å². The number of barbiturate groups is 1. The molecule has 35 heavy (non-hydrogen) atoms. The summed E-state index contributed by atoms with van der Waals surface area (Å²) in [4.78, 5) is 38.7. The van der Waals surface area contributed by atoms with Crippen molar-refractivity contribution >= 4 is 56.3 Å². The van der Waals surface area contributed by atoms with Crippen LogP contribution < -0.4 is 15.0 Å². The number of nitrogens with one attached hydrogen (secondary N) is 1. The molecule has 0 unspecified atom stereocenters. The van der Waals surface area contributed by atoms with Crippen molar-refractivity contribution in [2.45, 2.75) is 6.61 Å². The lowest BCUT2D eigenvalue weighted by atomic mass is 10.1. The second-order valence-corrected chi connectivity index (χ2v) is 8.89. The number of halogens is 1. The van der Waals surface area contributed by atoms with E-state index in [1.807, 2.05) is 18.2 Å². The highest BCUT2D eigenvalue weighted by Crippen LogP contribution is 2.24. The molecule has 6 nitrogen and oxygen atoms in total. The van der Waals surface area contributed by atoms with Gasteiger partial charge in [-0.25, -0.2) is 9.69 Å². The van der Waals surface area contributed by atoms with Crippen molar-refractivity contribution in [3.63, 3.8) is 0 Å². The van der Waals surface area contributed by atoms with Crippen molar-refractivity contribution in [1.29, 1.82) is 0 Å². The van der Waals surface area contributed by atoms with Crippen LogP contribution in [0.3, 0.4) is 0 Å². The fourth-order valence-electron chi connectivity index (χ4n) is 3.80. The van der Waals surface area contributed by atoms with Gasteiger partial charge in [-0.3, -0.25) is 14.9 Å². The molecule has 4 aromatic rings. The van der Waals surface area contributed by atoms with Crippen LogP contribution in [0.25, 0.3) is 16.8 Å². The number of fused-ring (bicyclic) bond motifs is 1. The van der Waals surface area contributed by atoms with Crippen molar-refractivity contribution < 1.29 is 19.1 Å². The van der Waals surface area contributed by atoms with E-state index < -0.39 is 17.8 Å². The van der Waals surface area contributed by atoms with Gasteiger partial charge in [0.2, 0.25) is 0 Å².